The van der Waals surface area contributed by atoms with E-state index in [0.29, 0.717) is 22.4 Å². The smallest absolute Gasteiger partial charge is 0.265 e. The van der Waals surface area contributed by atoms with E-state index in [9.17, 15) is 9.59 Å². The molecule has 0 atom stereocenters. The molecule has 33 heavy (non-hydrogen) atoms. The monoisotopic (exact) mass is 432 g/mol. The van der Waals surface area contributed by atoms with E-state index < -0.39 is 0 Å². The molecule has 0 radical (unpaired) electrons. The molecule has 1 aliphatic heterocycles. The van der Waals surface area contributed by atoms with Crippen LogP contribution in [0.25, 0.3) is 17.3 Å². The van der Waals surface area contributed by atoms with Gasteiger partial charge in [0.2, 0.25) is 0 Å². The Morgan fingerprint density at radius 1 is 0.667 bits per heavy atom. The van der Waals surface area contributed by atoms with Gasteiger partial charge in [-0.15, -0.1) is 0 Å². The molecular weight excluding hydrogens is 408 g/mol. The molecule has 4 heteroatoms. The highest BCUT2D eigenvalue weighted by Gasteiger charge is 2.35. The number of benzene rings is 3. The molecular formula is C29H24N2O2. The predicted octanol–water partition coefficient (Wildman–Crippen LogP) is 6.13. The lowest BCUT2D eigenvalue weighted by Crippen LogP contribution is -2.41. The largest absolute Gasteiger partial charge is 0.318 e. The maximum absolute atomic E-state index is 13.7. The third-order valence-corrected chi connectivity index (χ3v) is 6.16. The summed E-state index contributed by atoms with van der Waals surface area (Å²) in [7, 11) is 0. The number of nitrogens with zero attached hydrogens (tertiary/aromatic N) is 2. The standard InChI is InChI=1S/C29H24N2O2/c1-19-13-15-24(16-14-19)31-28(32)26-12-8-7-11-25(26)27(29(31)33)18-22-17-20(2)30(21(22)3)23-9-5-4-6-10-23/h4-18H,1-3H3. The van der Waals surface area contributed by atoms with Crippen LogP contribution in [0.5, 0.6) is 0 Å². The normalized spacial score (nSPS) is 14.6. The first-order chi connectivity index (χ1) is 16.0. The molecule has 1 aliphatic rings. The summed E-state index contributed by atoms with van der Waals surface area (Å²) in [5.74, 6) is -0.613. The Bertz CT molecular complexity index is 1410. The van der Waals surface area contributed by atoms with Crippen molar-refractivity contribution in [1.82, 2.24) is 4.57 Å². The third-order valence-electron chi connectivity index (χ3n) is 6.16. The topological polar surface area (TPSA) is 42.3 Å². The highest BCUT2D eigenvalue weighted by molar-refractivity contribution is 6.43. The van der Waals surface area contributed by atoms with Crippen LogP contribution in [-0.2, 0) is 4.79 Å². The van der Waals surface area contributed by atoms with Gasteiger partial charge in [0.15, 0.2) is 0 Å². The summed E-state index contributed by atoms with van der Waals surface area (Å²) in [6.45, 7) is 6.09. The fourth-order valence-electron chi connectivity index (χ4n) is 4.48. The van der Waals surface area contributed by atoms with Crippen LogP contribution < -0.4 is 4.90 Å². The molecule has 0 spiro atoms. The van der Waals surface area contributed by atoms with E-state index in [1.165, 1.54) is 4.90 Å². The van der Waals surface area contributed by atoms with Crippen molar-refractivity contribution in [2.24, 2.45) is 0 Å². The lowest BCUT2D eigenvalue weighted by Gasteiger charge is -2.28. The van der Waals surface area contributed by atoms with Crippen LogP contribution in [0.15, 0.2) is 84.9 Å². The number of carbonyl (C=O) groups excluding carboxylic acids is 2. The predicted molar refractivity (Wildman–Crippen MR) is 133 cm³/mol. The second kappa shape index (κ2) is 8.06. The summed E-state index contributed by atoms with van der Waals surface area (Å²) in [5.41, 5.74) is 7.49. The zero-order chi connectivity index (χ0) is 23.1. The first-order valence-corrected chi connectivity index (χ1v) is 11.0. The number of amides is 2. The van der Waals surface area contributed by atoms with Crippen molar-refractivity contribution in [2.75, 3.05) is 4.90 Å². The molecule has 3 aromatic carbocycles. The molecule has 2 amide bonds. The number of hydrogen-bond donors (Lipinski definition) is 0. The second-order valence-corrected chi connectivity index (χ2v) is 8.38. The first kappa shape index (κ1) is 20.7. The van der Waals surface area contributed by atoms with E-state index in [-0.39, 0.29) is 11.8 Å². The minimum absolute atomic E-state index is 0.300. The molecule has 1 aromatic heterocycles. The van der Waals surface area contributed by atoms with Crippen LogP contribution in [0.1, 0.15) is 38.4 Å². The summed E-state index contributed by atoms with van der Waals surface area (Å²) in [5, 5.41) is 0. The van der Waals surface area contributed by atoms with Crippen molar-refractivity contribution in [2.45, 2.75) is 20.8 Å². The molecule has 0 N–H and O–H groups in total. The molecule has 0 saturated heterocycles. The molecule has 2 heterocycles. The number of imide groups is 1. The van der Waals surface area contributed by atoms with Crippen molar-refractivity contribution < 1.29 is 9.59 Å². The van der Waals surface area contributed by atoms with Gasteiger partial charge < -0.3 is 4.57 Å². The van der Waals surface area contributed by atoms with Gasteiger partial charge in [-0.25, -0.2) is 4.90 Å². The van der Waals surface area contributed by atoms with Gasteiger partial charge in [0, 0.05) is 28.2 Å². The number of hydrogen-bond acceptors (Lipinski definition) is 2. The Kier molecular flexibility index (Phi) is 5.06. The van der Waals surface area contributed by atoms with Gasteiger partial charge in [-0.3, -0.25) is 9.59 Å². The average molecular weight is 433 g/mol. The lowest BCUT2D eigenvalue weighted by atomic mass is 9.91. The number of aryl methyl sites for hydroxylation is 2. The fraction of sp³-hybridized carbons (Fsp3) is 0.103. The van der Waals surface area contributed by atoms with Gasteiger partial charge in [-0.1, -0.05) is 54.1 Å². The highest BCUT2D eigenvalue weighted by Crippen LogP contribution is 2.34. The highest BCUT2D eigenvalue weighted by atomic mass is 16.2. The maximum atomic E-state index is 13.7. The number of carbonyl (C=O) groups is 2. The molecule has 4 aromatic rings. The van der Waals surface area contributed by atoms with Crippen LogP contribution >= 0.6 is 0 Å². The second-order valence-electron chi connectivity index (χ2n) is 8.38. The molecule has 0 fully saturated rings. The molecule has 0 aliphatic carbocycles. The number of para-hydroxylation sites is 1. The zero-order valence-corrected chi connectivity index (χ0v) is 18.9. The maximum Gasteiger partial charge on any atom is 0.265 e. The van der Waals surface area contributed by atoms with Gasteiger partial charge in [0.05, 0.1) is 5.69 Å². The molecule has 5 rings (SSSR count). The summed E-state index contributed by atoms with van der Waals surface area (Å²) >= 11 is 0. The van der Waals surface area contributed by atoms with Crippen LogP contribution in [-0.4, -0.2) is 16.4 Å². The molecule has 162 valence electrons. The van der Waals surface area contributed by atoms with Crippen molar-refractivity contribution in [3.05, 3.63) is 119 Å². The van der Waals surface area contributed by atoms with E-state index in [2.05, 4.69) is 36.6 Å². The Morgan fingerprint density at radius 2 is 1.30 bits per heavy atom. The van der Waals surface area contributed by atoms with Crippen molar-refractivity contribution in [3.63, 3.8) is 0 Å². The summed E-state index contributed by atoms with van der Waals surface area (Å²) in [4.78, 5) is 28.3. The quantitative estimate of drug-likeness (QED) is 0.289. The number of fused-ring (bicyclic) bond motifs is 1. The molecule has 0 unspecified atom stereocenters. The molecule has 0 saturated carbocycles. The van der Waals surface area contributed by atoms with E-state index >= 15 is 0 Å². The van der Waals surface area contributed by atoms with Gasteiger partial charge >= 0.3 is 0 Å². The third kappa shape index (κ3) is 3.50. The minimum atomic E-state index is -0.313. The SMILES string of the molecule is Cc1ccc(N2C(=O)C(=Cc3cc(C)n(-c4ccccc4)c3C)c3ccccc3C2=O)cc1. The van der Waals surface area contributed by atoms with Crippen LogP contribution in [0, 0.1) is 20.8 Å². The van der Waals surface area contributed by atoms with Gasteiger partial charge in [-0.2, -0.15) is 0 Å². The zero-order valence-electron chi connectivity index (χ0n) is 18.9. The Hall–Kier alpha value is -4.18. The summed E-state index contributed by atoms with van der Waals surface area (Å²) < 4.78 is 2.18. The molecule has 0 bridgehead atoms. The first-order valence-electron chi connectivity index (χ1n) is 11.0. The fourth-order valence-corrected chi connectivity index (χ4v) is 4.48. The number of anilines is 1. The van der Waals surface area contributed by atoms with Crippen molar-refractivity contribution in [3.8, 4) is 5.69 Å². The number of rotatable bonds is 3. The van der Waals surface area contributed by atoms with Crippen molar-refractivity contribution >= 4 is 29.2 Å². The Balaban J connectivity index is 1.67. The van der Waals surface area contributed by atoms with E-state index in [0.717, 1.165) is 28.2 Å². The number of aromatic nitrogens is 1. The molecule has 4 nitrogen and oxygen atoms in total. The van der Waals surface area contributed by atoms with E-state index in [1.54, 1.807) is 6.07 Å². The van der Waals surface area contributed by atoms with Crippen LogP contribution in [0.3, 0.4) is 0 Å². The average Bonchev–Trinajstić information content (AvgIpc) is 3.11. The lowest BCUT2D eigenvalue weighted by molar-refractivity contribution is -0.112. The minimum Gasteiger partial charge on any atom is -0.318 e. The Labute approximate surface area is 193 Å². The van der Waals surface area contributed by atoms with Crippen LogP contribution in [0.4, 0.5) is 5.69 Å². The van der Waals surface area contributed by atoms with Crippen LogP contribution in [0.2, 0.25) is 0 Å². The van der Waals surface area contributed by atoms with E-state index in [1.807, 2.05) is 73.7 Å². The van der Waals surface area contributed by atoms with Gasteiger partial charge in [0.25, 0.3) is 11.8 Å². The van der Waals surface area contributed by atoms with Gasteiger partial charge in [-0.05, 0) is 74.4 Å². The van der Waals surface area contributed by atoms with E-state index in [4.69, 9.17) is 0 Å². The summed E-state index contributed by atoms with van der Waals surface area (Å²) in [6.07, 6.45) is 1.91. The summed E-state index contributed by atoms with van der Waals surface area (Å²) in [6, 6.07) is 27.0. The van der Waals surface area contributed by atoms with Gasteiger partial charge in [0.1, 0.15) is 0 Å². The van der Waals surface area contributed by atoms with Crippen molar-refractivity contribution in [1.29, 1.82) is 0 Å². The Morgan fingerprint density at radius 3 is 2.00 bits per heavy atom.